The zero-order valence-corrected chi connectivity index (χ0v) is 15.8. The molecule has 1 saturated heterocycles. The Kier molecular flexibility index (Phi) is 5.87. The molecule has 1 unspecified atom stereocenters. The van der Waals surface area contributed by atoms with Crippen molar-refractivity contribution in [2.75, 3.05) is 13.1 Å². The Hall–Kier alpha value is -2.54. The predicted molar refractivity (Wildman–Crippen MR) is 90.2 cm³/mol. The standard InChI is InChI=1S/C17H14F6N2O4S/c18-16(19,20)11-5-7-24-15(9-11)28-12-6-8-25(10-12)30(26,27)14-4-2-1-3-13(14)29-17(21,22)23/h1-5,7,9,12H,6,8,10H2. The highest BCUT2D eigenvalue weighted by Gasteiger charge is 2.39. The van der Waals surface area contributed by atoms with Gasteiger partial charge in [0.05, 0.1) is 12.1 Å². The van der Waals surface area contributed by atoms with Crippen LogP contribution in [0.15, 0.2) is 47.5 Å². The predicted octanol–water partition coefficient (Wildman–Crippen LogP) is 3.84. The number of pyridine rings is 1. The van der Waals surface area contributed by atoms with Crippen LogP contribution in [0.5, 0.6) is 11.6 Å². The number of para-hydroxylation sites is 1. The van der Waals surface area contributed by atoms with E-state index in [1.807, 2.05) is 0 Å². The van der Waals surface area contributed by atoms with Gasteiger partial charge in [0.15, 0.2) is 0 Å². The second-order valence-corrected chi connectivity index (χ2v) is 8.17. The van der Waals surface area contributed by atoms with Crippen LogP contribution in [-0.2, 0) is 16.2 Å². The third-order valence-corrected chi connectivity index (χ3v) is 6.05. The fourth-order valence-corrected chi connectivity index (χ4v) is 4.45. The lowest BCUT2D eigenvalue weighted by molar-refractivity contribution is -0.275. The zero-order valence-electron chi connectivity index (χ0n) is 14.9. The molecular weight excluding hydrogens is 442 g/mol. The number of halogens is 6. The smallest absolute Gasteiger partial charge is 0.473 e. The molecule has 30 heavy (non-hydrogen) atoms. The zero-order chi connectivity index (χ0) is 22.2. The molecule has 1 atom stereocenters. The molecule has 0 radical (unpaired) electrons. The third kappa shape index (κ3) is 5.14. The second kappa shape index (κ2) is 7.95. The maximum Gasteiger partial charge on any atom is 0.573 e. The average Bonchev–Trinajstić information content (AvgIpc) is 3.09. The van der Waals surface area contributed by atoms with Crippen LogP contribution in [0.2, 0.25) is 0 Å². The van der Waals surface area contributed by atoms with E-state index < -0.39 is 44.9 Å². The van der Waals surface area contributed by atoms with E-state index in [-0.39, 0.29) is 25.4 Å². The molecule has 6 nitrogen and oxygen atoms in total. The lowest BCUT2D eigenvalue weighted by Gasteiger charge is -2.19. The monoisotopic (exact) mass is 456 g/mol. The Morgan fingerprint density at radius 2 is 1.77 bits per heavy atom. The van der Waals surface area contributed by atoms with E-state index in [1.54, 1.807) is 0 Å². The van der Waals surface area contributed by atoms with Gasteiger partial charge in [-0.25, -0.2) is 13.4 Å². The molecule has 1 aliphatic rings. The molecule has 1 fully saturated rings. The molecular formula is C17H14F6N2O4S. The van der Waals surface area contributed by atoms with E-state index in [0.29, 0.717) is 6.07 Å². The maximum atomic E-state index is 12.8. The molecule has 1 aromatic heterocycles. The SMILES string of the molecule is O=S(=O)(c1ccccc1OC(F)(F)F)N1CCC(Oc2cc(C(F)(F)F)ccn2)C1. The van der Waals surface area contributed by atoms with Gasteiger partial charge in [-0.05, 0) is 24.6 Å². The maximum absolute atomic E-state index is 12.8. The van der Waals surface area contributed by atoms with E-state index in [9.17, 15) is 34.8 Å². The summed E-state index contributed by atoms with van der Waals surface area (Å²) in [5.74, 6) is -1.22. The minimum atomic E-state index is -5.09. The first-order valence-corrected chi connectivity index (χ1v) is 9.85. The van der Waals surface area contributed by atoms with Gasteiger partial charge in [-0.3, -0.25) is 0 Å². The first kappa shape index (κ1) is 22.2. The highest BCUT2D eigenvalue weighted by molar-refractivity contribution is 7.89. The number of hydrogen-bond donors (Lipinski definition) is 0. The quantitative estimate of drug-likeness (QED) is 0.640. The molecule has 1 aliphatic heterocycles. The summed E-state index contributed by atoms with van der Waals surface area (Å²) >= 11 is 0. The molecule has 13 heteroatoms. The average molecular weight is 456 g/mol. The van der Waals surface area contributed by atoms with Crippen LogP contribution in [0.1, 0.15) is 12.0 Å². The topological polar surface area (TPSA) is 68.7 Å². The number of aromatic nitrogens is 1. The molecule has 0 amide bonds. The van der Waals surface area contributed by atoms with Gasteiger partial charge in [-0.15, -0.1) is 13.2 Å². The molecule has 2 aromatic rings. The van der Waals surface area contributed by atoms with E-state index in [1.165, 1.54) is 12.1 Å². The summed E-state index contributed by atoms with van der Waals surface area (Å²) < 4.78 is 112. The van der Waals surface area contributed by atoms with Gasteiger partial charge in [0, 0.05) is 18.8 Å². The van der Waals surface area contributed by atoms with Crippen LogP contribution in [0, 0.1) is 0 Å². The molecule has 2 heterocycles. The van der Waals surface area contributed by atoms with Gasteiger partial charge in [0.2, 0.25) is 15.9 Å². The van der Waals surface area contributed by atoms with Crippen molar-refractivity contribution in [3.63, 3.8) is 0 Å². The van der Waals surface area contributed by atoms with Gasteiger partial charge >= 0.3 is 12.5 Å². The van der Waals surface area contributed by atoms with Gasteiger partial charge in [0.25, 0.3) is 0 Å². The first-order valence-electron chi connectivity index (χ1n) is 8.41. The van der Waals surface area contributed by atoms with Crippen LogP contribution >= 0.6 is 0 Å². The fraction of sp³-hybridized carbons (Fsp3) is 0.353. The number of sulfonamides is 1. The Morgan fingerprint density at radius 3 is 2.43 bits per heavy atom. The lowest BCUT2D eigenvalue weighted by Crippen LogP contribution is -2.32. The van der Waals surface area contributed by atoms with Crippen molar-refractivity contribution in [2.24, 2.45) is 0 Å². The fourth-order valence-electron chi connectivity index (χ4n) is 2.84. The number of ether oxygens (including phenoxy) is 2. The minimum absolute atomic E-state index is 0.105. The lowest BCUT2D eigenvalue weighted by atomic mass is 10.2. The Labute approximate surface area is 167 Å². The van der Waals surface area contributed by atoms with Gasteiger partial charge in [-0.1, -0.05) is 12.1 Å². The van der Waals surface area contributed by atoms with Crippen LogP contribution < -0.4 is 9.47 Å². The highest BCUT2D eigenvalue weighted by atomic mass is 32.2. The van der Waals surface area contributed by atoms with Gasteiger partial charge in [-0.2, -0.15) is 17.5 Å². The molecule has 0 spiro atoms. The van der Waals surface area contributed by atoms with E-state index in [2.05, 4.69) is 9.72 Å². The Bertz CT molecular complexity index is 1010. The van der Waals surface area contributed by atoms with Crippen molar-refractivity contribution < 1.29 is 44.2 Å². The molecule has 0 saturated carbocycles. The van der Waals surface area contributed by atoms with Crippen molar-refractivity contribution in [3.05, 3.63) is 48.2 Å². The minimum Gasteiger partial charge on any atom is -0.473 e. The summed E-state index contributed by atoms with van der Waals surface area (Å²) in [5, 5.41) is 0. The van der Waals surface area contributed by atoms with E-state index in [0.717, 1.165) is 28.7 Å². The summed E-state index contributed by atoms with van der Waals surface area (Å²) in [5.41, 5.74) is -0.979. The summed E-state index contributed by atoms with van der Waals surface area (Å²) in [6.45, 7) is -0.382. The molecule has 3 rings (SSSR count). The summed E-state index contributed by atoms with van der Waals surface area (Å²) in [6.07, 6.45) is -9.50. The summed E-state index contributed by atoms with van der Waals surface area (Å²) in [4.78, 5) is 3.00. The molecule has 0 bridgehead atoms. The van der Waals surface area contributed by atoms with Gasteiger partial charge in [0.1, 0.15) is 16.7 Å². The summed E-state index contributed by atoms with van der Waals surface area (Å²) in [7, 11) is -4.37. The number of benzene rings is 1. The number of hydrogen-bond acceptors (Lipinski definition) is 5. The number of rotatable bonds is 5. The van der Waals surface area contributed by atoms with Crippen molar-refractivity contribution in [1.29, 1.82) is 0 Å². The van der Waals surface area contributed by atoms with Crippen LogP contribution in [0.3, 0.4) is 0 Å². The Balaban J connectivity index is 1.76. The Morgan fingerprint density at radius 1 is 1.07 bits per heavy atom. The van der Waals surface area contributed by atoms with Crippen LogP contribution in [-0.4, -0.2) is 43.3 Å². The first-order chi connectivity index (χ1) is 13.9. The third-order valence-electron chi connectivity index (χ3n) is 4.15. The summed E-state index contributed by atoms with van der Waals surface area (Å²) in [6, 6.07) is 5.72. The van der Waals surface area contributed by atoms with Crippen molar-refractivity contribution in [1.82, 2.24) is 9.29 Å². The van der Waals surface area contributed by atoms with Crippen LogP contribution in [0.4, 0.5) is 26.3 Å². The van der Waals surface area contributed by atoms with Gasteiger partial charge < -0.3 is 9.47 Å². The van der Waals surface area contributed by atoms with Crippen molar-refractivity contribution in [3.8, 4) is 11.6 Å². The molecule has 1 aromatic carbocycles. The normalized spacial score (nSPS) is 18.4. The van der Waals surface area contributed by atoms with E-state index >= 15 is 0 Å². The van der Waals surface area contributed by atoms with E-state index in [4.69, 9.17) is 4.74 Å². The van der Waals surface area contributed by atoms with Crippen molar-refractivity contribution in [2.45, 2.75) is 30.0 Å². The van der Waals surface area contributed by atoms with Crippen molar-refractivity contribution >= 4 is 10.0 Å². The second-order valence-electron chi connectivity index (χ2n) is 6.27. The molecule has 0 N–H and O–H groups in total. The van der Waals surface area contributed by atoms with Crippen LogP contribution in [0.25, 0.3) is 0 Å². The molecule has 0 aliphatic carbocycles. The highest BCUT2D eigenvalue weighted by Crippen LogP contribution is 2.34. The number of nitrogens with zero attached hydrogens (tertiary/aromatic N) is 2. The number of alkyl halides is 6. The molecule has 164 valence electrons. The largest absolute Gasteiger partial charge is 0.573 e.